The number of morpholine rings is 1. The zero-order chi connectivity index (χ0) is 18.5. The zero-order valence-electron chi connectivity index (χ0n) is 15.2. The summed E-state index contributed by atoms with van der Waals surface area (Å²) in [7, 11) is 0. The van der Waals surface area contributed by atoms with Crippen molar-refractivity contribution >= 4 is 11.6 Å². The number of carbonyl (C=O) groups is 1. The fourth-order valence-electron chi connectivity index (χ4n) is 3.49. The van der Waals surface area contributed by atoms with Crippen molar-refractivity contribution in [1.29, 1.82) is 0 Å². The summed E-state index contributed by atoms with van der Waals surface area (Å²) >= 11 is 0. The molecule has 0 N–H and O–H groups in total. The molecule has 0 aromatic heterocycles. The molecule has 0 radical (unpaired) electrons. The smallest absolute Gasteiger partial charge is 0.272 e. The summed E-state index contributed by atoms with van der Waals surface area (Å²) in [6.07, 6.45) is 0. The van der Waals surface area contributed by atoms with Gasteiger partial charge in [-0.15, -0.1) is 0 Å². The third-order valence-corrected chi connectivity index (χ3v) is 5.20. The summed E-state index contributed by atoms with van der Waals surface area (Å²) in [6, 6.07) is 5.22. The minimum atomic E-state index is -0.332. The number of rotatable bonds is 5. The molecule has 26 heavy (non-hydrogen) atoms. The van der Waals surface area contributed by atoms with Crippen LogP contribution in [0.4, 0.5) is 5.69 Å². The Kier molecular flexibility index (Phi) is 6.18. The lowest BCUT2D eigenvalue weighted by Crippen LogP contribution is -2.52. The van der Waals surface area contributed by atoms with E-state index in [0.29, 0.717) is 39.4 Å². The van der Waals surface area contributed by atoms with Crippen molar-refractivity contribution in [2.24, 2.45) is 0 Å². The molecule has 8 nitrogen and oxygen atoms in total. The van der Waals surface area contributed by atoms with Crippen LogP contribution in [0.5, 0.6) is 0 Å². The van der Waals surface area contributed by atoms with Gasteiger partial charge in [0.15, 0.2) is 0 Å². The van der Waals surface area contributed by atoms with E-state index in [9.17, 15) is 14.9 Å². The lowest BCUT2D eigenvalue weighted by Gasteiger charge is -2.36. The molecule has 0 spiro atoms. The Morgan fingerprint density at radius 2 is 1.81 bits per heavy atom. The Hall–Kier alpha value is -2.03. The van der Waals surface area contributed by atoms with Crippen LogP contribution in [0.3, 0.4) is 0 Å². The summed E-state index contributed by atoms with van der Waals surface area (Å²) in [5.74, 6) is 0.179. The van der Waals surface area contributed by atoms with Crippen molar-refractivity contribution in [3.05, 3.63) is 39.4 Å². The molecule has 1 aromatic carbocycles. The van der Waals surface area contributed by atoms with Crippen LogP contribution in [0.2, 0.25) is 0 Å². The first-order valence-electron chi connectivity index (χ1n) is 9.07. The molecule has 8 heteroatoms. The fraction of sp³-hybridized carbons (Fsp3) is 0.611. The van der Waals surface area contributed by atoms with Crippen molar-refractivity contribution in [1.82, 2.24) is 14.7 Å². The second kappa shape index (κ2) is 8.57. The van der Waals surface area contributed by atoms with Gasteiger partial charge in [0, 0.05) is 57.4 Å². The Labute approximate surface area is 153 Å². The van der Waals surface area contributed by atoms with Crippen LogP contribution in [-0.2, 0) is 16.1 Å². The van der Waals surface area contributed by atoms with Crippen LogP contribution in [-0.4, -0.2) is 84.6 Å². The molecule has 0 unspecified atom stereocenters. The predicted octanol–water partition coefficient (Wildman–Crippen LogP) is 0.880. The first-order valence-corrected chi connectivity index (χ1v) is 9.07. The van der Waals surface area contributed by atoms with Gasteiger partial charge in [0.05, 0.1) is 24.7 Å². The van der Waals surface area contributed by atoms with Crippen molar-refractivity contribution in [3.63, 3.8) is 0 Å². The van der Waals surface area contributed by atoms with Crippen LogP contribution in [0.1, 0.15) is 11.1 Å². The standard InChI is InChI=1S/C18H26N4O4/c1-15-16(3-2-4-17(15)22(24)25)13-19-5-7-21(8-6-19)18(23)14-20-9-11-26-12-10-20/h2-4H,5-14H2,1H3. The average Bonchev–Trinajstić information content (AvgIpc) is 2.64. The Bertz CT molecular complexity index is 653. The second-order valence-corrected chi connectivity index (χ2v) is 6.86. The number of hydrogen-bond donors (Lipinski definition) is 0. The van der Waals surface area contributed by atoms with Gasteiger partial charge in [0.2, 0.25) is 5.91 Å². The van der Waals surface area contributed by atoms with Gasteiger partial charge in [0.25, 0.3) is 5.69 Å². The molecular formula is C18H26N4O4. The summed E-state index contributed by atoms with van der Waals surface area (Å²) in [4.78, 5) is 29.5. The molecule has 0 atom stereocenters. The van der Waals surface area contributed by atoms with Crippen molar-refractivity contribution in [2.75, 3.05) is 59.0 Å². The van der Waals surface area contributed by atoms with E-state index in [1.807, 2.05) is 11.0 Å². The van der Waals surface area contributed by atoms with Gasteiger partial charge in [-0.25, -0.2) is 0 Å². The molecule has 1 aromatic rings. The van der Waals surface area contributed by atoms with E-state index in [2.05, 4.69) is 9.80 Å². The fourth-order valence-corrected chi connectivity index (χ4v) is 3.49. The number of ether oxygens (including phenoxy) is 1. The quantitative estimate of drug-likeness (QED) is 0.571. The first kappa shape index (κ1) is 18.8. The molecule has 142 valence electrons. The van der Waals surface area contributed by atoms with Crippen LogP contribution in [0.25, 0.3) is 0 Å². The van der Waals surface area contributed by atoms with E-state index in [0.717, 1.165) is 37.3 Å². The van der Waals surface area contributed by atoms with E-state index in [1.54, 1.807) is 19.1 Å². The third-order valence-electron chi connectivity index (χ3n) is 5.20. The second-order valence-electron chi connectivity index (χ2n) is 6.86. The molecule has 0 saturated carbocycles. The number of nitrogens with zero attached hydrogens (tertiary/aromatic N) is 4. The summed E-state index contributed by atoms with van der Waals surface area (Å²) < 4.78 is 5.31. The molecule has 0 aliphatic carbocycles. The van der Waals surface area contributed by atoms with E-state index in [-0.39, 0.29) is 16.5 Å². The molecule has 2 heterocycles. The van der Waals surface area contributed by atoms with E-state index >= 15 is 0 Å². The van der Waals surface area contributed by atoms with Gasteiger partial charge in [-0.3, -0.25) is 24.7 Å². The first-order chi connectivity index (χ1) is 12.5. The highest BCUT2D eigenvalue weighted by Crippen LogP contribution is 2.22. The van der Waals surface area contributed by atoms with Gasteiger partial charge in [-0.2, -0.15) is 0 Å². The SMILES string of the molecule is Cc1c(CN2CCN(C(=O)CN3CCOCC3)CC2)cccc1[N+](=O)[O-]. The largest absolute Gasteiger partial charge is 0.379 e. The van der Waals surface area contributed by atoms with Crippen LogP contribution < -0.4 is 0 Å². The van der Waals surface area contributed by atoms with E-state index in [1.165, 1.54) is 0 Å². The summed E-state index contributed by atoms with van der Waals surface area (Å²) in [6.45, 7) is 8.97. The van der Waals surface area contributed by atoms with Gasteiger partial charge in [-0.1, -0.05) is 12.1 Å². The van der Waals surface area contributed by atoms with Crippen molar-refractivity contribution in [3.8, 4) is 0 Å². The molecule has 1 amide bonds. The number of nitro benzene ring substituents is 1. The predicted molar refractivity (Wildman–Crippen MR) is 96.9 cm³/mol. The van der Waals surface area contributed by atoms with Crippen LogP contribution >= 0.6 is 0 Å². The monoisotopic (exact) mass is 362 g/mol. The lowest BCUT2D eigenvalue weighted by atomic mass is 10.1. The van der Waals surface area contributed by atoms with Crippen LogP contribution in [0, 0.1) is 17.0 Å². The lowest BCUT2D eigenvalue weighted by molar-refractivity contribution is -0.385. The minimum Gasteiger partial charge on any atom is -0.379 e. The number of nitro groups is 1. The molecule has 0 bridgehead atoms. The summed E-state index contributed by atoms with van der Waals surface area (Å²) in [5.41, 5.74) is 1.87. The van der Waals surface area contributed by atoms with Crippen LogP contribution in [0.15, 0.2) is 18.2 Å². The molecule has 2 saturated heterocycles. The maximum atomic E-state index is 12.5. The van der Waals surface area contributed by atoms with Gasteiger partial charge >= 0.3 is 0 Å². The minimum absolute atomic E-state index is 0.168. The number of carbonyl (C=O) groups excluding carboxylic acids is 1. The number of amides is 1. The van der Waals surface area contributed by atoms with Gasteiger partial charge in [0.1, 0.15) is 0 Å². The highest BCUT2D eigenvalue weighted by molar-refractivity contribution is 5.78. The van der Waals surface area contributed by atoms with Crippen molar-refractivity contribution < 1.29 is 14.5 Å². The third kappa shape index (κ3) is 4.57. The maximum absolute atomic E-state index is 12.5. The van der Waals surface area contributed by atoms with E-state index in [4.69, 9.17) is 4.74 Å². The number of piperazine rings is 1. The molecule has 2 fully saturated rings. The zero-order valence-corrected chi connectivity index (χ0v) is 15.2. The average molecular weight is 362 g/mol. The highest BCUT2D eigenvalue weighted by atomic mass is 16.6. The molecular weight excluding hydrogens is 336 g/mol. The number of hydrogen-bond acceptors (Lipinski definition) is 6. The van der Waals surface area contributed by atoms with E-state index < -0.39 is 0 Å². The topological polar surface area (TPSA) is 79.2 Å². The maximum Gasteiger partial charge on any atom is 0.272 e. The Morgan fingerprint density at radius 3 is 2.46 bits per heavy atom. The van der Waals surface area contributed by atoms with Gasteiger partial charge < -0.3 is 9.64 Å². The normalized spacial score (nSPS) is 19.5. The Balaban J connectivity index is 1.50. The molecule has 2 aliphatic heterocycles. The molecule has 2 aliphatic rings. The molecule has 3 rings (SSSR count). The Morgan fingerprint density at radius 1 is 1.12 bits per heavy atom. The van der Waals surface area contributed by atoms with Gasteiger partial charge in [-0.05, 0) is 12.5 Å². The van der Waals surface area contributed by atoms with Crippen molar-refractivity contribution in [2.45, 2.75) is 13.5 Å². The number of benzene rings is 1. The summed E-state index contributed by atoms with van der Waals surface area (Å²) in [5, 5.41) is 11.1. The highest BCUT2D eigenvalue weighted by Gasteiger charge is 2.24.